The summed E-state index contributed by atoms with van der Waals surface area (Å²) in [6.45, 7) is 3.90. The van der Waals surface area contributed by atoms with Gasteiger partial charge < -0.3 is 11.5 Å². The van der Waals surface area contributed by atoms with Crippen molar-refractivity contribution in [1.82, 2.24) is 4.98 Å². The Balaban J connectivity index is 2.77. The van der Waals surface area contributed by atoms with E-state index in [-0.39, 0.29) is 12.5 Å². The van der Waals surface area contributed by atoms with Gasteiger partial charge in [-0.2, -0.15) is 0 Å². The summed E-state index contributed by atoms with van der Waals surface area (Å²) in [5.74, 6) is -0.391. The first kappa shape index (κ1) is 10.1. The third kappa shape index (κ3) is 2.50. The van der Waals surface area contributed by atoms with Crippen molar-refractivity contribution in [3.8, 4) is 0 Å². The van der Waals surface area contributed by atoms with Crippen LogP contribution in [0, 0.1) is 13.8 Å². The van der Waals surface area contributed by atoms with Gasteiger partial charge in [-0.3, -0.25) is 4.79 Å². The van der Waals surface area contributed by atoms with Crippen LogP contribution in [0.1, 0.15) is 28.0 Å². The number of rotatable bonds is 3. The Labute approximate surface area is 81.0 Å². The largest absolute Gasteiger partial charge is 0.370 e. The minimum Gasteiger partial charge on any atom is -0.370 e. The molecular formula is C8H13N3OS. The molecule has 1 rings (SSSR count). The van der Waals surface area contributed by atoms with E-state index in [2.05, 4.69) is 4.98 Å². The van der Waals surface area contributed by atoms with Crippen LogP contribution in [0.25, 0.3) is 0 Å². The number of carbonyl (C=O) groups is 1. The van der Waals surface area contributed by atoms with Crippen LogP contribution >= 0.6 is 11.3 Å². The number of primary amides is 1. The highest BCUT2D eigenvalue weighted by atomic mass is 32.1. The van der Waals surface area contributed by atoms with Gasteiger partial charge in [-0.05, 0) is 13.8 Å². The van der Waals surface area contributed by atoms with Crippen LogP contribution in [0.2, 0.25) is 0 Å². The highest BCUT2D eigenvalue weighted by molar-refractivity contribution is 7.11. The minimum atomic E-state index is -0.391. The van der Waals surface area contributed by atoms with Gasteiger partial charge in [0.1, 0.15) is 5.01 Å². The second-order valence-corrected chi connectivity index (χ2v) is 4.21. The first-order chi connectivity index (χ1) is 6.00. The minimum absolute atomic E-state index is 0.159. The van der Waals surface area contributed by atoms with E-state index < -0.39 is 5.91 Å². The number of amides is 1. The van der Waals surface area contributed by atoms with Crippen molar-refractivity contribution in [2.75, 3.05) is 0 Å². The molecule has 1 aromatic heterocycles. The Morgan fingerprint density at radius 3 is 2.62 bits per heavy atom. The predicted octanol–water partition coefficient (Wildman–Crippen LogP) is 0.635. The summed E-state index contributed by atoms with van der Waals surface area (Å²) in [7, 11) is 0. The van der Waals surface area contributed by atoms with Gasteiger partial charge in [0.15, 0.2) is 0 Å². The topological polar surface area (TPSA) is 82.0 Å². The molecule has 1 aromatic rings. The molecule has 5 heteroatoms. The molecule has 0 unspecified atom stereocenters. The lowest BCUT2D eigenvalue weighted by atomic mass is 10.2. The van der Waals surface area contributed by atoms with E-state index in [1.54, 1.807) is 0 Å². The molecule has 0 fully saturated rings. The lowest BCUT2D eigenvalue weighted by molar-refractivity contribution is -0.118. The second-order valence-electron chi connectivity index (χ2n) is 2.97. The third-order valence-electron chi connectivity index (χ3n) is 1.78. The number of hydrogen-bond acceptors (Lipinski definition) is 4. The smallest absolute Gasteiger partial charge is 0.219 e. The Morgan fingerprint density at radius 2 is 2.23 bits per heavy atom. The zero-order valence-corrected chi connectivity index (χ0v) is 8.52. The summed E-state index contributed by atoms with van der Waals surface area (Å²) in [5.41, 5.74) is 11.7. The quantitative estimate of drug-likeness (QED) is 0.749. The van der Waals surface area contributed by atoms with E-state index in [0.29, 0.717) is 0 Å². The SMILES string of the molecule is Cc1nc([C@H](N)CC(N)=O)sc1C. The summed E-state index contributed by atoms with van der Waals surface area (Å²) in [6.07, 6.45) is 0.159. The average molecular weight is 199 g/mol. The lowest BCUT2D eigenvalue weighted by Crippen LogP contribution is -2.20. The molecular weight excluding hydrogens is 186 g/mol. The Morgan fingerprint density at radius 1 is 1.62 bits per heavy atom. The number of carbonyl (C=O) groups excluding carboxylic acids is 1. The van der Waals surface area contributed by atoms with Crippen molar-refractivity contribution < 1.29 is 4.79 Å². The van der Waals surface area contributed by atoms with Crippen molar-refractivity contribution in [3.05, 3.63) is 15.6 Å². The zero-order chi connectivity index (χ0) is 10.0. The summed E-state index contributed by atoms with van der Waals surface area (Å²) in [4.78, 5) is 16.0. The number of aryl methyl sites for hydroxylation is 2. The molecule has 0 aliphatic rings. The molecule has 0 saturated carbocycles. The van der Waals surface area contributed by atoms with Crippen molar-refractivity contribution in [1.29, 1.82) is 0 Å². The fraction of sp³-hybridized carbons (Fsp3) is 0.500. The van der Waals surface area contributed by atoms with E-state index in [0.717, 1.165) is 15.6 Å². The zero-order valence-electron chi connectivity index (χ0n) is 7.70. The van der Waals surface area contributed by atoms with Gasteiger partial charge in [0, 0.05) is 11.3 Å². The van der Waals surface area contributed by atoms with Gasteiger partial charge in [0.05, 0.1) is 11.7 Å². The fourth-order valence-corrected chi connectivity index (χ4v) is 1.88. The molecule has 0 aliphatic heterocycles. The molecule has 1 atom stereocenters. The van der Waals surface area contributed by atoms with Crippen LogP contribution in [-0.4, -0.2) is 10.9 Å². The second kappa shape index (κ2) is 3.85. The van der Waals surface area contributed by atoms with Gasteiger partial charge >= 0.3 is 0 Å². The summed E-state index contributed by atoms with van der Waals surface area (Å²) < 4.78 is 0. The maximum absolute atomic E-state index is 10.6. The van der Waals surface area contributed by atoms with Gasteiger partial charge in [-0.15, -0.1) is 11.3 Å². The molecule has 0 radical (unpaired) electrons. The first-order valence-corrected chi connectivity index (χ1v) is 4.80. The Hall–Kier alpha value is -0.940. The molecule has 4 N–H and O–H groups in total. The average Bonchev–Trinajstić information content (AvgIpc) is 2.31. The maximum Gasteiger partial charge on any atom is 0.219 e. The predicted molar refractivity (Wildman–Crippen MR) is 52.3 cm³/mol. The summed E-state index contributed by atoms with van der Waals surface area (Å²) in [5, 5.41) is 0.786. The van der Waals surface area contributed by atoms with Crippen molar-refractivity contribution >= 4 is 17.2 Å². The summed E-state index contributed by atoms with van der Waals surface area (Å²) >= 11 is 1.52. The van der Waals surface area contributed by atoms with Crippen LogP contribution in [0.3, 0.4) is 0 Å². The van der Waals surface area contributed by atoms with Crippen LogP contribution < -0.4 is 11.5 Å². The van der Waals surface area contributed by atoms with Crippen molar-refractivity contribution in [2.24, 2.45) is 11.5 Å². The lowest BCUT2D eigenvalue weighted by Gasteiger charge is -2.03. The van der Waals surface area contributed by atoms with Crippen molar-refractivity contribution in [2.45, 2.75) is 26.3 Å². The van der Waals surface area contributed by atoms with E-state index in [1.807, 2.05) is 13.8 Å². The molecule has 0 spiro atoms. The highest BCUT2D eigenvalue weighted by Crippen LogP contribution is 2.22. The molecule has 1 heterocycles. The maximum atomic E-state index is 10.6. The van der Waals surface area contributed by atoms with Crippen LogP contribution in [0.4, 0.5) is 0 Å². The standard InChI is InChI=1S/C8H13N3OS/c1-4-5(2)13-8(11-4)6(9)3-7(10)12/h6H,3,9H2,1-2H3,(H2,10,12)/t6-/m1/s1. The number of nitrogens with zero attached hydrogens (tertiary/aromatic N) is 1. The fourth-order valence-electron chi connectivity index (χ4n) is 0.960. The molecule has 72 valence electrons. The number of thiazole rings is 1. The van der Waals surface area contributed by atoms with E-state index >= 15 is 0 Å². The molecule has 0 aromatic carbocycles. The van der Waals surface area contributed by atoms with Gasteiger partial charge in [0.2, 0.25) is 5.91 Å². The number of nitrogens with two attached hydrogens (primary N) is 2. The Kier molecular flexibility index (Phi) is 3.00. The van der Waals surface area contributed by atoms with Crippen molar-refractivity contribution in [3.63, 3.8) is 0 Å². The normalized spacial score (nSPS) is 12.8. The highest BCUT2D eigenvalue weighted by Gasteiger charge is 2.14. The first-order valence-electron chi connectivity index (χ1n) is 3.98. The van der Waals surface area contributed by atoms with Crippen LogP contribution in [-0.2, 0) is 4.79 Å². The molecule has 13 heavy (non-hydrogen) atoms. The molecule has 1 amide bonds. The van der Waals surface area contributed by atoms with Crippen LogP contribution in [0.15, 0.2) is 0 Å². The molecule has 0 saturated heterocycles. The van der Waals surface area contributed by atoms with E-state index in [4.69, 9.17) is 11.5 Å². The van der Waals surface area contributed by atoms with E-state index in [1.165, 1.54) is 11.3 Å². The number of aromatic nitrogens is 1. The molecule has 0 bridgehead atoms. The van der Waals surface area contributed by atoms with Gasteiger partial charge in [-0.1, -0.05) is 0 Å². The molecule has 4 nitrogen and oxygen atoms in total. The van der Waals surface area contributed by atoms with Gasteiger partial charge in [-0.25, -0.2) is 4.98 Å². The Bertz CT molecular complexity index is 302. The van der Waals surface area contributed by atoms with Gasteiger partial charge in [0.25, 0.3) is 0 Å². The third-order valence-corrected chi connectivity index (χ3v) is 2.99. The summed E-state index contributed by atoms with van der Waals surface area (Å²) in [6, 6.07) is -0.352. The monoisotopic (exact) mass is 199 g/mol. The molecule has 0 aliphatic carbocycles. The number of hydrogen-bond donors (Lipinski definition) is 2. The van der Waals surface area contributed by atoms with E-state index in [9.17, 15) is 4.79 Å². The van der Waals surface area contributed by atoms with Crippen LogP contribution in [0.5, 0.6) is 0 Å².